The van der Waals surface area contributed by atoms with Gasteiger partial charge in [0.25, 0.3) is 0 Å². The van der Waals surface area contributed by atoms with E-state index in [9.17, 15) is 18.0 Å². The van der Waals surface area contributed by atoms with Gasteiger partial charge < -0.3 is 15.0 Å². The van der Waals surface area contributed by atoms with Crippen LogP contribution in [0.1, 0.15) is 46.1 Å². The van der Waals surface area contributed by atoms with Crippen molar-refractivity contribution in [2.45, 2.75) is 59.2 Å². The Morgan fingerprint density at radius 2 is 1.62 bits per heavy atom. The Kier molecular flexibility index (Phi) is 11.5. The molecule has 0 aliphatic heterocycles. The first kappa shape index (κ1) is 30.7. The Morgan fingerprint density at radius 3 is 2.14 bits per heavy atom. The summed E-state index contributed by atoms with van der Waals surface area (Å²) in [6, 6.07) is 10.9. The van der Waals surface area contributed by atoms with Gasteiger partial charge in [0, 0.05) is 41.2 Å². The minimum absolute atomic E-state index is 0.0183. The number of amides is 2. The van der Waals surface area contributed by atoms with E-state index in [0.29, 0.717) is 33.7 Å². The largest absolute Gasteiger partial charge is 0.494 e. The van der Waals surface area contributed by atoms with Crippen molar-refractivity contribution in [3.63, 3.8) is 0 Å². The second kappa shape index (κ2) is 13.9. The van der Waals surface area contributed by atoms with Crippen molar-refractivity contribution in [1.82, 2.24) is 10.2 Å². The van der Waals surface area contributed by atoms with Gasteiger partial charge in [-0.3, -0.25) is 13.9 Å². The van der Waals surface area contributed by atoms with Crippen molar-refractivity contribution < 1.29 is 22.7 Å². The third kappa shape index (κ3) is 9.09. The van der Waals surface area contributed by atoms with Gasteiger partial charge in [0.1, 0.15) is 11.8 Å². The number of benzene rings is 2. The number of sulfonamides is 1. The van der Waals surface area contributed by atoms with Gasteiger partial charge in [-0.25, -0.2) is 8.42 Å². The molecule has 0 aliphatic carbocycles. The van der Waals surface area contributed by atoms with Gasteiger partial charge in [0.2, 0.25) is 21.8 Å². The lowest BCUT2D eigenvalue weighted by Gasteiger charge is -2.30. The van der Waals surface area contributed by atoms with Gasteiger partial charge in [-0.15, -0.1) is 0 Å². The number of carbonyl (C=O) groups excluding carboxylic acids is 2. The van der Waals surface area contributed by atoms with Crippen LogP contribution < -0.4 is 14.4 Å². The highest BCUT2D eigenvalue weighted by Crippen LogP contribution is 2.27. The molecule has 1 N–H and O–H groups in total. The smallest absolute Gasteiger partial charge is 0.242 e. The molecular weight excluding hydrogens is 537 g/mol. The molecule has 0 saturated heterocycles. The predicted octanol–water partition coefficient (Wildman–Crippen LogP) is 4.88. The molecule has 37 heavy (non-hydrogen) atoms. The second-order valence-electron chi connectivity index (χ2n) is 8.93. The summed E-state index contributed by atoms with van der Waals surface area (Å²) in [6.45, 7) is 7.81. The minimum atomic E-state index is -3.60. The summed E-state index contributed by atoms with van der Waals surface area (Å²) in [5, 5.41) is 3.60. The highest BCUT2D eigenvalue weighted by molar-refractivity contribution is 7.92. The number of halogens is 2. The molecule has 2 rings (SSSR count). The molecule has 0 aromatic heterocycles. The van der Waals surface area contributed by atoms with Crippen LogP contribution in [0.2, 0.25) is 10.0 Å². The first-order chi connectivity index (χ1) is 17.3. The fourth-order valence-electron chi connectivity index (χ4n) is 3.72. The first-order valence-corrected chi connectivity index (χ1v) is 14.7. The lowest BCUT2D eigenvalue weighted by Crippen LogP contribution is -2.49. The zero-order valence-corrected chi connectivity index (χ0v) is 24.2. The van der Waals surface area contributed by atoms with E-state index in [1.807, 2.05) is 20.8 Å². The minimum Gasteiger partial charge on any atom is -0.494 e. The lowest BCUT2D eigenvalue weighted by molar-refractivity contribution is -0.140. The average Bonchev–Trinajstić information content (AvgIpc) is 2.81. The van der Waals surface area contributed by atoms with Crippen molar-refractivity contribution in [2.75, 3.05) is 23.7 Å². The van der Waals surface area contributed by atoms with Gasteiger partial charge in [-0.05, 0) is 70.5 Å². The van der Waals surface area contributed by atoms with Gasteiger partial charge in [0.05, 0.1) is 18.6 Å². The summed E-state index contributed by atoms with van der Waals surface area (Å²) in [5.74, 6) is 0.0126. The number of nitrogens with one attached hydrogen (secondary N) is 1. The number of nitrogens with zero attached hydrogens (tertiary/aromatic N) is 2. The van der Waals surface area contributed by atoms with E-state index in [1.165, 1.54) is 9.21 Å². The normalized spacial score (nSPS) is 12.2. The van der Waals surface area contributed by atoms with Gasteiger partial charge in [-0.1, -0.05) is 29.3 Å². The van der Waals surface area contributed by atoms with Crippen LogP contribution in [0.3, 0.4) is 0 Å². The molecule has 11 heteroatoms. The van der Waals surface area contributed by atoms with Gasteiger partial charge in [0.15, 0.2) is 0 Å². The maximum absolute atomic E-state index is 13.4. The van der Waals surface area contributed by atoms with Crippen molar-refractivity contribution in [2.24, 2.45) is 0 Å². The van der Waals surface area contributed by atoms with Crippen molar-refractivity contribution in [3.8, 4) is 5.75 Å². The number of rotatable bonds is 13. The number of carbonyl (C=O) groups is 2. The molecule has 204 valence electrons. The van der Waals surface area contributed by atoms with E-state index in [1.54, 1.807) is 49.4 Å². The first-order valence-electron chi connectivity index (χ1n) is 12.1. The highest BCUT2D eigenvalue weighted by Gasteiger charge is 2.28. The Hall–Kier alpha value is -2.49. The molecular formula is C26H35Cl2N3O5S. The van der Waals surface area contributed by atoms with Crippen LogP contribution in [0.5, 0.6) is 5.75 Å². The van der Waals surface area contributed by atoms with Crippen molar-refractivity contribution in [1.29, 1.82) is 0 Å². The Labute approximate surface area is 229 Å². The van der Waals surface area contributed by atoms with Crippen LogP contribution in [-0.4, -0.2) is 56.6 Å². The summed E-state index contributed by atoms with van der Waals surface area (Å²) < 4.78 is 31.6. The van der Waals surface area contributed by atoms with E-state index in [0.717, 1.165) is 6.26 Å². The van der Waals surface area contributed by atoms with Crippen LogP contribution in [0, 0.1) is 0 Å². The maximum atomic E-state index is 13.4. The predicted molar refractivity (Wildman–Crippen MR) is 149 cm³/mol. The Bertz CT molecular complexity index is 1150. The van der Waals surface area contributed by atoms with Crippen molar-refractivity contribution in [3.05, 3.63) is 58.1 Å². The Balaban J connectivity index is 2.21. The zero-order valence-electron chi connectivity index (χ0n) is 21.8. The molecule has 0 bridgehead atoms. The summed E-state index contributed by atoms with van der Waals surface area (Å²) in [5.41, 5.74) is 1.01. The van der Waals surface area contributed by atoms with E-state index >= 15 is 0 Å². The van der Waals surface area contributed by atoms with E-state index in [-0.39, 0.29) is 43.8 Å². The standard InChI is InChI=1S/C26H35Cl2N3O5S/c1-6-36-21-14-12-20(13-15-21)31(37(5,34)35)16-8-11-25(32)30(19(4)26(33)29-18(2)3)17-22-23(27)9-7-10-24(22)28/h7,9-10,12-15,18-19H,6,8,11,16-17H2,1-5H3,(H,29,33)/t19-/m1/s1. The number of hydrogen-bond acceptors (Lipinski definition) is 5. The number of hydrogen-bond donors (Lipinski definition) is 1. The molecule has 0 aliphatic rings. The summed E-state index contributed by atoms with van der Waals surface area (Å²) in [4.78, 5) is 27.5. The fraction of sp³-hybridized carbons (Fsp3) is 0.462. The topological polar surface area (TPSA) is 96.0 Å². The van der Waals surface area contributed by atoms with Crippen LogP contribution >= 0.6 is 23.2 Å². The van der Waals surface area contributed by atoms with Crippen LogP contribution in [-0.2, 0) is 26.2 Å². The summed E-state index contributed by atoms with van der Waals surface area (Å²) in [6.07, 6.45) is 1.38. The zero-order chi connectivity index (χ0) is 27.8. The monoisotopic (exact) mass is 571 g/mol. The van der Waals surface area contributed by atoms with Crippen LogP contribution in [0.4, 0.5) is 5.69 Å². The Morgan fingerprint density at radius 1 is 1.03 bits per heavy atom. The van der Waals surface area contributed by atoms with Crippen LogP contribution in [0.15, 0.2) is 42.5 Å². The molecule has 2 amide bonds. The van der Waals surface area contributed by atoms with E-state index in [4.69, 9.17) is 27.9 Å². The third-order valence-electron chi connectivity index (χ3n) is 5.58. The molecule has 0 radical (unpaired) electrons. The second-order valence-corrected chi connectivity index (χ2v) is 11.6. The molecule has 1 atom stereocenters. The number of ether oxygens (including phenoxy) is 1. The fourth-order valence-corrected chi connectivity index (χ4v) is 5.20. The maximum Gasteiger partial charge on any atom is 0.242 e. The summed E-state index contributed by atoms with van der Waals surface area (Å²) in [7, 11) is -3.60. The molecule has 0 spiro atoms. The third-order valence-corrected chi connectivity index (χ3v) is 7.48. The summed E-state index contributed by atoms with van der Waals surface area (Å²) >= 11 is 12.7. The molecule has 0 saturated carbocycles. The molecule has 0 heterocycles. The molecule has 2 aromatic rings. The van der Waals surface area contributed by atoms with Crippen LogP contribution in [0.25, 0.3) is 0 Å². The number of anilines is 1. The molecule has 8 nitrogen and oxygen atoms in total. The molecule has 0 fully saturated rings. The van der Waals surface area contributed by atoms with E-state index < -0.39 is 16.1 Å². The van der Waals surface area contributed by atoms with Crippen molar-refractivity contribution >= 4 is 50.7 Å². The van der Waals surface area contributed by atoms with Gasteiger partial charge >= 0.3 is 0 Å². The molecule has 0 unspecified atom stereocenters. The molecule has 2 aromatic carbocycles. The highest BCUT2D eigenvalue weighted by atomic mass is 35.5. The van der Waals surface area contributed by atoms with E-state index in [2.05, 4.69) is 5.32 Å². The SMILES string of the molecule is CCOc1ccc(N(CCCC(=O)N(Cc2c(Cl)cccc2Cl)[C@H](C)C(=O)NC(C)C)S(C)(=O)=O)cc1. The lowest BCUT2D eigenvalue weighted by atomic mass is 10.1. The quantitative estimate of drug-likeness (QED) is 0.369. The average molecular weight is 573 g/mol. The van der Waals surface area contributed by atoms with Gasteiger partial charge in [-0.2, -0.15) is 0 Å².